The molecule has 3 heterocycles. The minimum Gasteiger partial charge on any atom is -0.457 e. The van der Waals surface area contributed by atoms with Crippen LogP contribution in [0.2, 0.25) is 0 Å². The first-order valence-corrected chi connectivity index (χ1v) is 13.6. The lowest BCUT2D eigenvalue weighted by Gasteiger charge is -2.42. The third-order valence-corrected chi connectivity index (χ3v) is 9.72. The molecule has 0 saturated carbocycles. The number of hydrogen-bond donors (Lipinski definition) is 0. The second-order valence-corrected chi connectivity index (χ2v) is 12.6. The number of rotatable bonds is 4. The average molecular weight is 522 g/mol. The first kappa shape index (κ1) is 25.1. The van der Waals surface area contributed by atoms with Crippen molar-refractivity contribution in [3.8, 4) is 0 Å². The van der Waals surface area contributed by atoms with Crippen LogP contribution in [0.15, 0.2) is 35.9 Å². The summed E-state index contributed by atoms with van der Waals surface area (Å²) in [4.78, 5) is 54.3. The molecular weight excluding hydrogens is 486 g/mol. The van der Waals surface area contributed by atoms with Crippen LogP contribution in [0, 0.1) is 22.2 Å². The van der Waals surface area contributed by atoms with Crippen LogP contribution in [-0.2, 0) is 39.8 Å². The maximum Gasteiger partial charge on any atom is 0.320 e. The lowest BCUT2D eigenvalue weighted by Crippen LogP contribution is -2.55. The number of carbonyl (C=O) groups is 4. The van der Waals surface area contributed by atoms with Crippen LogP contribution in [0.25, 0.3) is 0 Å². The standard InChI is InChI=1S/C30H35NO7/c1-16-18(10-11-19-8-6-7-9-20(16)19)12-13-31-25(34)24(36-17(2)32)30-21(28(3,4)5)14-22-29(30,15-23(33)37-22)27(35)38-26(30)31/h6-9,14,16,18,22,24,26H,10-13,15H2,1-5H3/t16?,18?,22-,24-,26-,29-,30-/m0/s1. The maximum absolute atomic E-state index is 14.1. The van der Waals surface area contributed by atoms with Crippen LogP contribution < -0.4 is 0 Å². The molecule has 2 unspecified atom stereocenters. The van der Waals surface area contributed by atoms with Crippen molar-refractivity contribution in [3.05, 3.63) is 47.0 Å². The first-order valence-electron chi connectivity index (χ1n) is 13.6. The lowest BCUT2D eigenvalue weighted by atomic mass is 9.56. The topological polar surface area (TPSA) is 99.2 Å². The van der Waals surface area contributed by atoms with Crippen molar-refractivity contribution in [3.63, 3.8) is 0 Å². The minimum absolute atomic E-state index is 0.210. The van der Waals surface area contributed by atoms with Crippen LogP contribution in [0.1, 0.15) is 70.9 Å². The highest BCUT2D eigenvalue weighted by atomic mass is 16.6. The predicted molar refractivity (Wildman–Crippen MR) is 135 cm³/mol. The molecule has 5 aliphatic rings. The van der Waals surface area contributed by atoms with Crippen LogP contribution >= 0.6 is 0 Å². The van der Waals surface area contributed by atoms with Gasteiger partial charge in [0.25, 0.3) is 5.91 Å². The Morgan fingerprint density at radius 3 is 2.61 bits per heavy atom. The Hall–Kier alpha value is -3.16. The molecule has 0 aromatic heterocycles. The summed E-state index contributed by atoms with van der Waals surface area (Å²) in [7, 11) is 0. The monoisotopic (exact) mass is 521 g/mol. The van der Waals surface area contributed by atoms with Crippen LogP contribution in [-0.4, -0.2) is 53.7 Å². The van der Waals surface area contributed by atoms with Gasteiger partial charge in [-0.3, -0.25) is 19.2 Å². The van der Waals surface area contributed by atoms with E-state index in [4.69, 9.17) is 14.2 Å². The van der Waals surface area contributed by atoms with E-state index >= 15 is 0 Å². The number of fused-ring (bicyclic) bond motifs is 1. The second-order valence-electron chi connectivity index (χ2n) is 12.6. The molecule has 6 rings (SSSR count). The highest BCUT2D eigenvalue weighted by Gasteiger charge is 2.87. The Kier molecular flexibility index (Phi) is 5.40. The van der Waals surface area contributed by atoms with Crippen molar-refractivity contribution in [2.45, 2.75) is 84.7 Å². The van der Waals surface area contributed by atoms with Gasteiger partial charge in [-0.25, -0.2) is 0 Å². The van der Waals surface area contributed by atoms with Crippen LogP contribution in [0.4, 0.5) is 0 Å². The Labute approximate surface area is 222 Å². The summed E-state index contributed by atoms with van der Waals surface area (Å²) in [6, 6.07) is 8.49. The largest absolute Gasteiger partial charge is 0.457 e. The third kappa shape index (κ3) is 3.09. The second kappa shape index (κ2) is 8.17. The SMILES string of the molecule is CC(=O)O[C@H]1C(=O)N(CCC2CCc3ccccc3C2C)[C@H]2OC(=O)[C@]34CC(=O)O[C@H]3C=C(C(C)(C)C)[C@@]214. The van der Waals surface area contributed by atoms with Gasteiger partial charge in [0.1, 0.15) is 16.9 Å². The molecular formula is C30H35NO7. The van der Waals surface area contributed by atoms with Crippen molar-refractivity contribution in [2.75, 3.05) is 6.54 Å². The number of carbonyl (C=O) groups excluding carboxylic acids is 4. The van der Waals surface area contributed by atoms with Gasteiger partial charge in [0.05, 0.1) is 6.42 Å². The van der Waals surface area contributed by atoms with Gasteiger partial charge >= 0.3 is 17.9 Å². The summed E-state index contributed by atoms with van der Waals surface area (Å²) < 4.78 is 17.4. The van der Waals surface area contributed by atoms with Gasteiger partial charge in [-0.05, 0) is 59.3 Å². The smallest absolute Gasteiger partial charge is 0.320 e. The Morgan fingerprint density at radius 1 is 1.16 bits per heavy atom. The molecule has 3 aliphatic heterocycles. The number of esters is 3. The van der Waals surface area contributed by atoms with Gasteiger partial charge in [0.2, 0.25) is 0 Å². The highest BCUT2D eigenvalue weighted by Crippen LogP contribution is 2.72. The minimum atomic E-state index is -1.43. The van der Waals surface area contributed by atoms with E-state index in [9.17, 15) is 19.2 Å². The number of benzene rings is 1. The van der Waals surface area contributed by atoms with Gasteiger partial charge < -0.3 is 19.1 Å². The third-order valence-electron chi connectivity index (χ3n) is 9.72. The molecule has 1 aromatic carbocycles. The van der Waals surface area contributed by atoms with Gasteiger partial charge in [0.15, 0.2) is 12.3 Å². The van der Waals surface area contributed by atoms with Crippen LogP contribution in [0.5, 0.6) is 0 Å². The molecule has 3 saturated heterocycles. The molecule has 3 fully saturated rings. The van der Waals surface area contributed by atoms with Crippen molar-refractivity contribution in [1.29, 1.82) is 0 Å². The zero-order valence-electron chi connectivity index (χ0n) is 22.6. The quantitative estimate of drug-likeness (QED) is 0.339. The van der Waals surface area contributed by atoms with Gasteiger partial charge in [-0.1, -0.05) is 52.0 Å². The molecule has 0 radical (unpaired) electrons. The van der Waals surface area contributed by atoms with Crippen molar-refractivity contribution < 1.29 is 33.4 Å². The van der Waals surface area contributed by atoms with Crippen molar-refractivity contribution in [2.24, 2.45) is 22.2 Å². The van der Waals surface area contributed by atoms with E-state index in [1.807, 2.05) is 26.8 Å². The number of aryl methyl sites for hydroxylation is 1. The fourth-order valence-electron chi connectivity index (χ4n) is 8.14. The van der Waals surface area contributed by atoms with Crippen LogP contribution in [0.3, 0.4) is 0 Å². The summed E-state index contributed by atoms with van der Waals surface area (Å²) in [5.41, 5.74) is 0.213. The number of amides is 1. The summed E-state index contributed by atoms with van der Waals surface area (Å²) in [5, 5.41) is 0. The molecule has 2 aliphatic carbocycles. The zero-order chi connectivity index (χ0) is 27.2. The number of likely N-dealkylation sites (tertiary alicyclic amines) is 1. The fourth-order valence-corrected chi connectivity index (χ4v) is 8.14. The number of ether oxygens (including phenoxy) is 3. The van der Waals surface area contributed by atoms with E-state index in [2.05, 4.69) is 31.2 Å². The lowest BCUT2D eigenvalue weighted by molar-refractivity contribution is -0.167. The van der Waals surface area contributed by atoms with E-state index < -0.39 is 52.6 Å². The molecule has 8 heteroatoms. The van der Waals surface area contributed by atoms with Crippen molar-refractivity contribution >= 4 is 23.8 Å². The summed E-state index contributed by atoms with van der Waals surface area (Å²) >= 11 is 0. The summed E-state index contributed by atoms with van der Waals surface area (Å²) in [6.45, 7) is 9.82. The summed E-state index contributed by atoms with van der Waals surface area (Å²) in [5.74, 6) is -1.40. The molecule has 8 nitrogen and oxygen atoms in total. The molecule has 0 bridgehead atoms. The Balaban J connectivity index is 1.39. The Bertz CT molecular complexity index is 1280. The van der Waals surface area contributed by atoms with Crippen molar-refractivity contribution in [1.82, 2.24) is 4.90 Å². The average Bonchev–Trinajstić information content (AvgIpc) is 3.47. The highest BCUT2D eigenvalue weighted by molar-refractivity contribution is 5.99. The van der Waals surface area contributed by atoms with Gasteiger partial charge in [-0.2, -0.15) is 0 Å². The molecule has 7 atom stereocenters. The van der Waals surface area contributed by atoms with E-state index in [-0.39, 0.29) is 12.3 Å². The normalized spacial score (nSPS) is 37.2. The summed E-state index contributed by atoms with van der Waals surface area (Å²) in [6.07, 6.45) is 1.21. The maximum atomic E-state index is 14.1. The predicted octanol–water partition coefficient (Wildman–Crippen LogP) is 3.67. The van der Waals surface area contributed by atoms with Gasteiger partial charge in [-0.15, -0.1) is 0 Å². The molecule has 1 aromatic rings. The molecule has 38 heavy (non-hydrogen) atoms. The molecule has 0 N–H and O–H groups in total. The van der Waals surface area contributed by atoms with E-state index in [1.165, 1.54) is 18.1 Å². The van der Waals surface area contributed by atoms with Gasteiger partial charge in [0, 0.05) is 13.5 Å². The first-order chi connectivity index (χ1) is 17.9. The van der Waals surface area contributed by atoms with E-state index in [1.54, 1.807) is 4.90 Å². The molecule has 2 spiro atoms. The molecule has 1 amide bonds. The molecule has 202 valence electrons. The zero-order valence-corrected chi connectivity index (χ0v) is 22.6. The fraction of sp³-hybridized carbons (Fsp3) is 0.600. The van der Waals surface area contributed by atoms with E-state index in [0.717, 1.165) is 24.8 Å². The van der Waals surface area contributed by atoms with E-state index in [0.29, 0.717) is 18.4 Å². The Morgan fingerprint density at radius 2 is 1.89 bits per heavy atom. The number of hydrogen-bond acceptors (Lipinski definition) is 7. The number of nitrogens with zero attached hydrogens (tertiary/aromatic N) is 1.